The molecule has 3 heterocycles. The van der Waals surface area contributed by atoms with Gasteiger partial charge in [0.15, 0.2) is 0 Å². The van der Waals surface area contributed by atoms with E-state index in [0.717, 1.165) is 23.7 Å². The van der Waals surface area contributed by atoms with Gasteiger partial charge in [0.2, 0.25) is 0 Å². The molecule has 0 radical (unpaired) electrons. The number of rotatable bonds is 1. The van der Waals surface area contributed by atoms with Crippen LogP contribution in [0.4, 0.5) is 5.69 Å². The molecule has 4 heteroatoms. The molecule has 0 saturated carbocycles. The van der Waals surface area contributed by atoms with E-state index in [2.05, 4.69) is 34.9 Å². The van der Waals surface area contributed by atoms with E-state index < -0.39 is 10.8 Å². The van der Waals surface area contributed by atoms with Crippen LogP contribution in [0.15, 0.2) is 23.1 Å². The lowest BCUT2D eigenvalue weighted by atomic mass is 9.89. The van der Waals surface area contributed by atoms with E-state index in [4.69, 9.17) is 0 Å². The van der Waals surface area contributed by atoms with Crippen LogP contribution < -0.4 is 4.90 Å². The lowest BCUT2D eigenvalue weighted by Gasteiger charge is -2.39. The van der Waals surface area contributed by atoms with Crippen molar-refractivity contribution in [3.63, 3.8) is 0 Å². The maximum Gasteiger partial charge on any atom is 0.0625 e. The number of benzene rings is 1. The Balaban J connectivity index is 0.00000121. The van der Waals surface area contributed by atoms with Gasteiger partial charge in [-0.3, -0.25) is 4.21 Å². The Kier molecular flexibility index (Phi) is 3.63. The van der Waals surface area contributed by atoms with Crippen LogP contribution in [-0.2, 0) is 10.8 Å². The zero-order valence-corrected chi connectivity index (χ0v) is 12.2. The van der Waals surface area contributed by atoms with E-state index in [-0.39, 0.29) is 7.43 Å². The van der Waals surface area contributed by atoms with Crippen LogP contribution in [0.5, 0.6) is 0 Å². The van der Waals surface area contributed by atoms with Gasteiger partial charge in [0.05, 0.1) is 21.4 Å². The summed E-state index contributed by atoms with van der Waals surface area (Å²) in [5.74, 6) is 1.43. The van der Waals surface area contributed by atoms with Gasteiger partial charge < -0.3 is 9.80 Å². The Morgan fingerprint density at radius 2 is 2.20 bits per heavy atom. The lowest BCUT2D eigenvalue weighted by molar-refractivity contribution is 0.202. The topological polar surface area (TPSA) is 23.6 Å². The molecule has 3 aliphatic heterocycles. The number of likely N-dealkylation sites (N-methyl/N-ethyl adjacent to an activating group) is 1. The van der Waals surface area contributed by atoms with Gasteiger partial charge in [-0.05, 0) is 24.6 Å². The van der Waals surface area contributed by atoms with Crippen LogP contribution in [-0.4, -0.2) is 47.1 Å². The molecule has 3 atom stereocenters. The SMILES string of the molecule is C.CCN1CCC2C(C1)c1cccc3c1N2CCS3=O. The highest BCUT2D eigenvalue weighted by Gasteiger charge is 2.44. The van der Waals surface area contributed by atoms with Gasteiger partial charge in [-0.1, -0.05) is 26.5 Å². The number of nitrogens with zero attached hydrogens (tertiary/aromatic N) is 2. The highest BCUT2D eigenvalue weighted by Crippen LogP contribution is 2.48. The van der Waals surface area contributed by atoms with Crippen LogP contribution in [0.25, 0.3) is 0 Å². The largest absolute Gasteiger partial charge is 0.366 e. The molecule has 0 aromatic heterocycles. The summed E-state index contributed by atoms with van der Waals surface area (Å²) in [7, 11) is -0.785. The third-order valence-corrected chi connectivity index (χ3v) is 6.36. The van der Waals surface area contributed by atoms with Crippen LogP contribution in [0.3, 0.4) is 0 Å². The summed E-state index contributed by atoms with van der Waals surface area (Å²) in [6.07, 6.45) is 1.25. The van der Waals surface area contributed by atoms with E-state index >= 15 is 0 Å². The molecule has 20 heavy (non-hydrogen) atoms. The average Bonchev–Trinajstić information content (AvgIpc) is 2.78. The third-order valence-electron chi connectivity index (χ3n) is 4.99. The maximum atomic E-state index is 12.2. The number of anilines is 1. The van der Waals surface area contributed by atoms with Gasteiger partial charge in [0.1, 0.15) is 0 Å². The summed E-state index contributed by atoms with van der Waals surface area (Å²) in [6, 6.07) is 7.08. The zero-order valence-electron chi connectivity index (χ0n) is 11.3. The van der Waals surface area contributed by atoms with Crippen LogP contribution in [0.1, 0.15) is 32.3 Å². The standard InChI is InChI=1S/C15H20N2OS.CH4/c1-2-16-7-6-13-12(10-16)11-4-3-5-14-15(11)17(13)8-9-19(14)18;/h3-5,12-13H,2,6-10H2,1H3;1H4. The molecule has 3 aliphatic rings. The van der Waals surface area contributed by atoms with E-state index in [1.807, 2.05) is 0 Å². The fourth-order valence-electron chi connectivity index (χ4n) is 4.04. The van der Waals surface area contributed by atoms with Crippen molar-refractivity contribution in [2.24, 2.45) is 0 Å². The fourth-order valence-corrected chi connectivity index (χ4v) is 5.30. The summed E-state index contributed by atoms with van der Waals surface area (Å²) in [5.41, 5.74) is 2.77. The average molecular weight is 292 g/mol. The van der Waals surface area contributed by atoms with Crippen molar-refractivity contribution in [1.82, 2.24) is 4.90 Å². The first-order chi connectivity index (χ1) is 9.29. The van der Waals surface area contributed by atoms with Crippen molar-refractivity contribution in [1.29, 1.82) is 0 Å². The molecule has 1 fully saturated rings. The summed E-state index contributed by atoms with van der Waals surface area (Å²) in [6.45, 7) is 6.74. The second-order valence-electron chi connectivity index (χ2n) is 5.79. The van der Waals surface area contributed by atoms with Gasteiger partial charge in [0, 0.05) is 37.3 Å². The molecule has 0 bridgehead atoms. The van der Waals surface area contributed by atoms with Gasteiger partial charge in [-0.25, -0.2) is 0 Å². The minimum Gasteiger partial charge on any atom is -0.366 e. The Bertz CT molecular complexity index is 545. The predicted molar refractivity (Wildman–Crippen MR) is 85.1 cm³/mol. The van der Waals surface area contributed by atoms with Crippen molar-refractivity contribution in [2.45, 2.75) is 37.6 Å². The molecule has 110 valence electrons. The Morgan fingerprint density at radius 1 is 1.35 bits per heavy atom. The predicted octanol–water partition coefficient (Wildman–Crippen LogP) is 2.44. The highest BCUT2D eigenvalue weighted by molar-refractivity contribution is 7.85. The number of likely N-dealkylation sites (tertiary alicyclic amines) is 1. The summed E-state index contributed by atoms with van der Waals surface area (Å²) >= 11 is 0. The molecule has 3 unspecified atom stereocenters. The van der Waals surface area contributed by atoms with Gasteiger partial charge >= 0.3 is 0 Å². The first kappa shape index (κ1) is 14.1. The second-order valence-corrected chi connectivity index (χ2v) is 7.33. The second kappa shape index (κ2) is 5.15. The van der Waals surface area contributed by atoms with E-state index in [9.17, 15) is 4.21 Å². The molecule has 1 aromatic rings. The Labute approximate surface area is 124 Å². The van der Waals surface area contributed by atoms with Crippen molar-refractivity contribution in [2.75, 3.05) is 36.8 Å². The van der Waals surface area contributed by atoms with E-state index in [0.29, 0.717) is 12.0 Å². The van der Waals surface area contributed by atoms with Crippen molar-refractivity contribution < 1.29 is 4.21 Å². The van der Waals surface area contributed by atoms with Crippen LogP contribution in [0.2, 0.25) is 0 Å². The van der Waals surface area contributed by atoms with Gasteiger partial charge in [0.25, 0.3) is 0 Å². The summed E-state index contributed by atoms with van der Waals surface area (Å²) in [4.78, 5) is 6.20. The van der Waals surface area contributed by atoms with Crippen LogP contribution >= 0.6 is 0 Å². The number of piperidine rings is 1. The number of fused-ring (bicyclic) bond motifs is 3. The van der Waals surface area contributed by atoms with Gasteiger partial charge in [-0.15, -0.1) is 0 Å². The molecule has 4 rings (SSSR count). The molecule has 1 aromatic carbocycles. The minimum absolute atomic E-state index is 0. The first-order valence-corrected chi connectivity index (χ1v) is 8.61. The van der Waals surface area contributed by atoms with Crippen molar-refractivity contribution in [3.8, 4) is 0 Å². The normalized spacial score (nSPS) is 31.4. The van der Waals surface area contributed by atoms with E-state index in [1.165, 1.54) is 30.8 Å². The molecule has 3 nitrogen and oxygen atoms in total. The monoisotopic (exact) mass is 292 g/mol. The smallest absolute Gasteiger partial charge is 0.0625 e. The fraction of sp³-hybridized carbons (Fsp3) is 0.625. The maximum absolute atomic E-state index is 12.2. The van der Waals surface area contributed by atoms with E-state index in [1.54, 1.807) is 0 Å². The molecular weight excluding hydrogens is 268 g/mol. The Hall–Kier alpha value is -0.870. The zero-order chi connectivity index (χ0) is 13.0. The van der Waals surface area contributed by atoms with Crippen LogP contribution in [0, 0.1) is 0 Å². The van der Waals surface area contributed by atoms with Crippen molar-refractivity contribution in [3.05, 3.63) is 23.8 Å². The molecule has 1 saturated heterocycles. The molecule has 0 aliphatic carbocycles. The number of hydrogen-bond donors (Lipinski definition) is 0. The molecular formula is C16H24N2OS. The lowest BCUT2D eigenvalue weighted by Crippen LogP contribution is -2.47. The summed E-state index contributed by atoms with van der Waals surface area (Å²) < 4.78 is 12.2. The summed E-state index contributed by atoms with van der Waals surface area (Å²) in [5, 5.41) is 0. The number of para-hydroxylation sites is 1. The van der Waals surface area contributed by atoms with Crippen molar-refractivity contribution >= 4 is 16.5 Å². The first-order valence-electron chi connectivity index (χ1n) is 7.30. The number of hydrogen-bond acceptors (Lipinski definition) is 3. The quantitative estimate of drug-likeness (QED) is 0.794. The van der Waals surface area contributed by atoms with Gasteiger partial charge in [-0.2, -0.15) is 0 Å². The third kappa shape index (κ3) is 1.85. The highest BCUT2D eigenvalue weighted by atomic mass is 32.2. The molecule has 0 amide bonds. The Morgan fingerprint density at radius 3 is 3.00 bits per heavy atom. The molecule has 0 spiro atoms. The molecule has 0 N–H and O–H groups in total. The minimum atomic E-state index is -0.785.